The summed E-state index contributed by atoms with van der Waals surface area (Å²) in [6, 6.07) is 8.32. The molecular weight excluding hydrogens is 322 g/mol. The molecule has 6 N–H and O–H groups in total. The van der Waals surface area contributed by atoms with Gasteiger partial charge in [0.15, 0.2) is 11.4 Å². The monoisotopic (exact) mass is 335 g/mol. The number of carbonyl (C=O) groups is 2. The Morgan fingerprint density at radius 3 is 1.96 bits per heavy atom. The first-order valence-corrected chi connectivity index (χ1v) is 6.55. The minimum Gasteiger partial charge on any atom is -0.595 e. The summed E-state index contributed by atoms with van der Waals surface area (Å²) in [6.07, 6.45) is 0. The van der Waals surface area contributed by atoms with Crippen LogP contribution in [0.3, 0.4) is 0 Å². The Morgan fingerprint density at radius 1 is 0.917 bits per heavy atom. The van der Waals surface area contributed by atoms with E-state index in [2.05, 4.69) is 5.32 Å². The molecule has 1 amide bonds. The number of carbonyl (C=O) groups excluding carboxylic acids is 1. The molecule has 10 nitrogen and oxygen atoms in total. The summed E-state index contributed by atoms with van der Waals surface area (Å²) in [5, 5.41) is 48.4. The first-order chi connectivity index (χ1) is 11.3. The lowest BCUT2D eigenvalue weighted by Gasteiger charge is -2.14. The number of quaternary nitrogens is 2. The predicted octanol–water partition coefficient (Wildman–Crippen LogP) is -0.556. The van der Waals surface area contributed by atoms with Crippen LogP contribution in [0.15, 0.2) is 42.5 Å². The van der Waals surface area contributed by atoms with Crippen LogP contribution in [0, 0.1) is 10.4 Å². The fourth-order valence-corrected chi connectivity index (χ4v) is 1.92. The van der Waals surface area contributed by atoms with E-state index in [0.29, 0.717) is 0 Å². The molecule has 126 valence electrons. The van der Waals surface area contributed by atoms with Crippen LogP contribution in [-0.4, -0.2) is 27.4 Å². The second-order valence-corrected chi connectivity index (χ2v) is 4.71. The summed E-state index contributed by atoms with van der Waals surface area (Å²) in [5.41, 5.74) is -0.538. The van der Waals surface area contributed by atoms with Crippen LogP contribution in [0.1, 0.15) is 20.7 Å². The quantitative estimate of drug-likeness (QED) is 0.399. The van der Waals surface area contributed by atoms with Gasteiger partial charge in [-0.15, -0.1) is 0 Å². The van der Waals surface area contributed by atoms with Crippen LogP contribution in [-0.2, 0) is 0 Å². The lowest BCUT2D eigenvalue weighted by atomic mass is 10.1. The second kappa shape index (κ2) is 7.14. The third kappa shape index (κ3) is 3.91. The van der Waals surface area contributed by atoms with E-state index in [1.807, 2.05) is 0 Å². The van der Waals surface area contributed by atoms with E-state index in [4.69, 9.17) is 15.5 Å². The molecule has 0 saturated heterocycles. The molecule has 2 aromatic rings. The van der Waals surface area contributed by atoms with Gasteiger partial charge in [-0.1, -0.05) is 0 Å². The lowest BCUT2D eigenvalue weighted by Crippen LogP contribution is -2.99. The van der Waals surface area contributed by atoms with Crippen molar-refractivity contribution in [2.45, 2.75) is 0 Å². The average molecular weight is 335 g/mol. The van der Waals surface area contributed by atoms with E-state index in [1.165, 1.54) is 30.3 Å². The number of carboxylic acids is 1. The fraction of sp³-hybridized carbons (Fsp3) is 0. The zero-order chi connectivity index (χ0) is 17.9. The van der Waals surface area contributed by atoms with E-state index in [1.54, 1.807) is 0 Å². The third-order valence-electron chi connectivity index (χ3n) is 3.14. The van der Waals surface area contributed by atoms with E-state index >= 15 is 0 Å². The number of rotatable bonds is 5. The first kappa shape index (κ1) is 17.5. The third-order valence-corrected chi connectivity index (χ3v) is 3.14. The molecule has 0 aliphatic carbocycles. The Labute approximate surface area is 134 Å². The highest BCUT2D eigenvalue weighted by atomic mass is 16.8. The SMILES string of the molecule is O=C(Nc1ccc([NH+]([O-])O)cc1C(=O)O)c1ccc([NH+]([O-])O)cc1. The Kier molecular flexibility index (Phi) is 5.21. The van der Waals surface area contributed by atoms with Crippen molar-refractivity contribution < 1.29 is 35.6 Å². The zero-order valence-electron chi connectivity index (χ0n) is 12.0. The number of benzene rings is 2. The highest BCUT2D eigenvalue weighted by molar-refractivity contribution is 6.08. The van der Waals surface area contributed by atoms with Crippen LogP contribution < -0.4 is 15.8 Å². The Morgan fingerprint density at radius 2 is 1.46 bits per heavy atom. The molecule has 0 saturated carbocycles. The van der Waals surface area contributed by atoms with Crippen molar-refractivity contribution in [3.63, 3.8) is 0 Å². The summed E-state index contributed by atoms with van der Waals surface area (Å²) in [7, 11) is 0. The molecule has 0 radical (unpaired) electrons. The average Bonchev–Trinajstić information content (AvgIpc) is 2.54. The van der Waals surface area contributed by atoms with Crippen LogP contribution in [0.25, 0.3) is 0 Å². The Hall–Kier alpha value is -2.86. The number of hydrogen-bond donors (Lipinski definition) is 6. The van der Waals surface area contributed by atoms with Gasteiger partial charge in [0.1, 0.15) is 0 Å². The largest absolute Gasteiger partial charge is 0.595 e. The maximum atomic E-state index is 12.1. The van der Waals surface area contributed by atoms with Crippen LogP contribution >= 0.6 is 0 Å². The molecule has 0 bridgehead atoms. The Bertz CT molecular complexity index is 759. The van der Waals surface area contributed by atoms with Crippen LogP contribution in [0.2, 0.25) is 0 Å². The molecule has 10 heteroatoms. The number of nitrogens with one attached hydrogen (secondary N) is 3. The number of amides is 1. The second-order valence-electron chi connectivity index (χ2n) is 4.71. The molecule has 0 heterocycles. The van der Waals surface area contributed by atoms with Crippen LogP contribution in [0.5, 0.6) is 0 Å². The highest BCUT2D eigenvalue weighted by Gasteiger charge is 2.16. The van der Waals surface area contributed by atoms with E-state index in [0.717, 1.165) is 12.1 Å². The van der Waals surface area contributed by atoms with Crippen molar-refractivity contribution in [3.8, 4) is 0 Å². The summed E-state index contributed by atoms with van der Waals surface area (Å²) >= 11 is 0. The Balaban J connectivity index is 2.26. The summed E-state index contributed by atoms with van der Waals surface area (Å²) in [4.78, 5) is 23.3. The minimum absolute atomic E-state index is 0.00332. The fourth-order valence-electron chi connectivity index (χ4n) is 1.92. The van der Waals surface area contributed by atoms with E-state index in [9.17, 15) is 20.0 Å². The molecule has 0 aliphatic heterocycles. The lowest BCUT2D eigenvalue weighted by molar-refractivity contribution is -0.991. The van der Waals surface area contributed by atoms with Gasteiger partial charge in [0.2, 0.25) is 0 Å². The van der Waals surface area contributed by atoms with Crippen molar-refractivity contribution in [1.82, 2.24) is 0 Å². The molecule has 2 unspecified atom stereocenters. The first-order valence-electron chi connectivity index (χ1n) is 6.55. The van der Waals surface area contributed by atoms with Gasteiger partial charge < -0.3 is 20.8 Å². The predicted molar refractivity (Wildman–Crippen MR) is 79.3 cm³/mol. The molecular formula is C14H13N3O7. The number of hydrogen-bond acceptors (Lipinski definition) is 6. The normalized spacial score (nSPS) is 13.2. The van der Waals surface area contributed by atoms with Gasteiger partial charge in [-0.25, -0.2) is 15.2 Å². The maximum absolute atomic E-state index is 12.1. The van der Waals surface area contributed by atoms with E-state index < -0.39 is 22.3 Å². The number of anilines is 1. The van der Waals surface area contributed by atoms with Gasteiger partial charge in [-0.2, -0.15) is 10.5 Å². The van der Waals surface area contributed by atoms with Gasteiger partial charge in [0.05, 0.1) is 11.3 Å². The standard InChI is InChI=1S/C14H13N3O7/c18-13(8-1-3-9(4-2-8)16(21)22)15-12-6-5-10(17(23)24)7-11(12)14(19)20/h1-7,16-17,21,23H,(H,15,18)(H,19,20). The highest BCUT2D eigenvalue weighted by Crippen LogP contribution is 2.20. The van der Waals surface area contributed by atoms with Crippen molar-refractivity contribution in [2.75, 3.05) is 5.32 Å². The van der Waals surface area contributed by atoms with Crippen LogP contribution in [0.4, 0.5) is 17.1 Å². The van der Waals surface area contributed by atoms with Crippen molar-refractivity contribution in [1.29, 1.82) is 0 Å². The molecule has 0 aliphatic rings. The van der Waals surface area contributed by atoms with Crippen molar-refractivity contribution in [3.05, 3.63) is 64.0 Å². The van der Waals surface area contributed by atoms with Gasteiger partial charge in [0.25, 0.3) is 5.91 Å². The number of carboxylic acid groups (broad SMARTS) is 1. The van der Waals surface area contributed by atoms with Gasteiger partial charge in [-0.3, -0.25) is 4.79 Å². The van der Waals surface area contributed by atoms with Gasteiger partial charge in [0, 0.05) is 29.8 Å². The van der Waals surface area contributed by atoms with Crippen molar-refractivity contribution >= 4 is 28.9 Å². The minimum atomic E-state index is -1.39. The smallest absolute Gasteiger partial charge is 0.338 e. The summed E-state index contributed by atoms with van der Waals surface area (Å²) in [5.74, 6) is -2.05. The topological polar surface area (TPSA) is 162 Å². The molecule has 2 aromatic carbocycles. The molecule has 0 fully saturated rings. The molecule has 0 aromatic heterocycles. The molecule has 0 spiro atoms. The molecule has 24 heavy (non-hydrogen) atoms. The molecule has 2 atom stereocenters. The summed E-state index contributed by atoms with van der Waals surface area (Å²) in [6.45, 7) is 0. The number of aromatic carboxylic acids is 1. The maximum Gasteiger partial charge on any atom is 0.338 e. The van der Waals surface area contributed by atoms with Crippen molar-refractivity contribution in [2.24, 2.45) is 0 Å². The van der Waals surface area contributed by atoms with Gasteiger partial charge >= 0.3 is 5.97 Å². The summed E-state index contributed by atoms with van der Waals surface area (Å²) < 4.78 is 0. The van der Waals surface area contributed by atoms with Gasteiger partial charge in [-0.05, 0) is 18.2 Å². The molecule has 2 rings (SSSR count). The zero-order valence-corrected chi connectivity index (χ0v) is 12.0. The van der Waals surface area contributed by atoms with E-state index in [-0.39, 0.29) is 28.2 Å².